The lowest BCUT2D eigenvalue weighted by Crippen LogP contribution is -2.52. The topological polar surface area (TPSA) is 66.9 Å². The number of carbonyl (C=O) groups is 1. The number of hydrogen-bond donors (Lipinski definition) is 0. The van der Waals surface area contributed by atoms with E-state index in [1.165, 1.54) is 4.31 Å². The minimum Gasteiger partial charge on any atom is -0.484 e. The Hall–Kier alpha value is -2.12. The number of fused-ring (bicyclic) bond motifs is 1. The van der Waals surface area contributed by atoms with Crippen molar-refractivity contribution >= 4 is 26.7 Å². The molecule has 3 rings (SSSR count). The molecule has 6 nitrogen and oxygen atoms in total. The second kappa shape index (κ2) is 8.05. The van der Waals surface area contributed by atoms with Gasteiger partial charge < -0.3 is 9.64 Å². The van der Waals surface area contributed by atoms with Gasteiger partial charge in [-0.2, -0.15) is 4.31 Å². The van der Waals surface area contributed by atoms with Crippen LogP contribution >= 0.6 is 0 Å². The molecule has 0 N–H and O–H groups in total. The number of rotatable bonds is 6. The van der Waals surface area contributed by atoms with E-state index in [0.717, 1.165) is 10.8 Å². The lowest BCUT2D eigenvalue weighted by atomic mass is 10.1. The molecule has 1 amide bonds. The standard InChI is InChI=1S/C19H24N2O4S/c1-2-13-26(23,24)21-11-9-20(10-12-21)19(22)15-25-18-8-7-16-5-3-4-6-17(16)14-18/h3-8,14H,2,9-13,15H2,1H3. The maximum absolute atomic E-state index is 12.4. The summed E-state index contributed by atoms with van der Waals surface area (Å²) >= 11 is 0. The van der Waals surface area contributed by atoms with E-state index in [9.17, 15) is 13.2 Å². The van der Waals surface area contributed by atoms with Crippen LogP contribution in [0.25, 0.3) is 10.8 Å². The van der Waals surface area contributed by atoms with Gasteiger partial charge in [0.05, 0.1) is 5.75 Å². The van der Waals surface area contributed by atoms with Crippen molar-refractivity contribution in [3.8, 4) is 5.75 Å². The van der Waals surface area contributed by atoms with Crippen LogP contribution in [-0.4, -0.2) is 62.1 Å². The normalized spacial score (nSPS) is 16.0. The van der Waals surface area contributed by atoms with Gasteiger partial charge in [-0.25, -0.2) is 8.42 Å². The summed E-state index contributed by atoms with van der Waals surface area (Å²) in [5.74, 6) is 0.693. The van der Waals surface area contributed by atoms with Gasteiger partial charge >= 0.3 is 0 Å². The van der Waals surface area contributed by atoms with Crippen molar-refractivity contribution in [2.45, 2.75) is 13.3 Å². The summed E-state index contributed by atoms with van der Waals surface area (Å²) in [4.78, 5) is 14.0. The second-order valence-corrected chi connectivity index (χ2v) is 8.48. The highest BCUT2D eigenvalue weighted by Crippen LogP contribution is 2.20. The van der Waals surface area contributed by atoms with Crippen molar-refractivity contribution in [2.24, 2.45) is 0 Å². The van der Waals surface area contributed by atoms with Gasteiger partial charge in [0, 0.05) is 26.2 Å². The van der Waals surface area contributed by atoms with Crippen molar-refractivity contribution < 1.29 is 17.9 Å². The maximum Gasteiger partial charge on any atom is 0.260 e. The molecule has 1 aliphatic heterocycles. The van der Waals surface area contributed by atoms with Crippen LogP contribution in [0.3, 0.4) is 0 Å². The first-order valence-electron chi connectivity index (χ1n) is 8.87. The zero-order valence-corrected chi connectivity index (χ0v) is 15.7. The van der Waals surface area contributed by atoms with Gasteiger partial charge in [0.25, 0.3) is 5.91 Å². The fraction of sp³-hybridized carbons (Fsp3) is 0.421. The third-order valence-corrected chi connectivity index (χ3v) is 6.61. The first-order chi connectivity index (χ1) is 12.5. The summed E-state index contributed by atoms with van der Waals surface area (Å²) in [7, 11) is -3.19. The monoisotopic (exact) mass is 376 g/mol. The number of carbonyl (C=O) groups excluding carboxylic acids is 1. The third-order valence-electron chi connectivity index (χ3n) is 4.53. The fourth-order valence-electron chi connectivity index (χ4n) is 3.10. The molecule has 140 valence electrons. The van der Waals surface area contributed by atoms with Gasteiger partial charge in [0.15, 0.2) is 6.61 Å². The van der Waals surface area contributed by atoms with Crippen LogP contribution in [0.1, 0.15) is 13.3 Å². The average Bonchev–Trinajstić information content (AvgIpc) is 2.66. The fourth-order valence-corrected chi connectivity index (χ4v) is 4.59. The van der Waals surface area contributed by atoms with Gasteiger partial charge in [0.2, 0.25) is 10.0 Å². The Morgan fingerprint density at radius 1 is 1.04 bits per heavy atom. The van der Waals surface area contributed by atoms with Crippen LogP contribution < -0.4 is 4.74 Å². The molecule has 0 saturated carbocycles. The highest BCUT2D eigenvalue weighted by Gasteiger charge is 2.28. The van der Waals surface area contributed by atoms with E-state index in [1.807, 2.05) is 49.4 Å². The van der Waals surface area contributed by atoms with E-state index in [4.69, 9.17) is 4.74 Å². The second-order valence-electron chi connectivity index (χ2n) is 6.39. The number of ether oxygens (including phenoxy) is 1. The minimum atomic E-state index is -3.19. The Bertz CT molecular complexity index is 874. The number of nitrogens with zero attached hydrogens (tertiary/aromatic N) is 2. The van der Waals surface area contributed by atoms with Crippen LogP contribution in [0, 0.1) is 0 Å². The molecule has 0 aromatic heterocycles. The van der Waals surface area contributed by atoms with E-state index in [2.05, 4.69) is 0 Å². The van der Waals surface area contributed by atoms with Gasteiger partial charge in [-0.15, -0.1) is 0 Å². The molecule has 0 atom stereocenters. The molecule has 7 heteroatoms. The van der Waals surface area contributed by atoms with Gasteiger partial charge in [-0.05, 0) is 29.3 Å². The minimum absolute atomic E-state index is 0.0416. The lowest BCUT2D eigenvalue weighted by Gasteiger charge is -2.33. The first-order valence-corrected chi connectivity index (χ1v) is 10.5. The Balaban J connectivity index is 1.52. The molecule has 0 aliphatic carbocycles. The summed E-state index contributed by atoms with van der Waals surface area (Å²) in [6.45, 7) is 3.32. The van der Waals surface area contributed by atoms with E-state index in [0.29, 0.717) is 38.3 Å². The van der Waals surface area contributed by atoms with Crippen molar-refractivity contribution in [1.29, 1.82) is 0 Å². The SMILES string of the molecule is CCCS(=O)(=O)N1CCN(C(=O)COc2ccc3ccccc3c2)CC1. The largest absolute Gasteiger partial charge is 0.484 e. The molecule has 26 heavy (non-hydrogen) atoms. The predicted molar refractivity (Wildman–Crippen MR) is 102 cm³/mol. The summed E-state index contributed by atoms with van der Waals surface area (Å²) < 4.78 is 31.3. The van der Waals surface area contributed by atoms with Gasteiger partial charge in [-0.1, -0.05) is 37.3 Å². The Morgan fingerprint density at radius 2 is 1.73 bits per heavy atom. The Labute approximate surface area is 154 Å². The molecule has 2 aromatic rings. The highest BCUT2D eigenvalue weighted by atomic mass is 32.2. The summed E-state index contributed by atoms with van der Waals surface area (Å²) in [5.41, 5.74) is 0. The predicted octanol–water partition coefficient (Wildman–Crippen LogP) is 2.10. The maximum atomic E-state index is 12.4. The summed E-state index contributed by atoms with van der Waals surface area (Å²) in [6, 6.07) is 13.7. The molecule has 0 radical (unpaired) electrons. The van der Waals surface area contributed by atoms with Crippen molar-refractivity contribution in [3.05, 3.63) is 42.5 Å². The highest BCUT2D eigenvalue weighted by molar-refractivity contribution is 7.89. The molecule has 1 aliphatic rings. The zero-order chi connectivity index (χ0) is 18.6. The quantitative estimate of drug-likeness (QED) is 0.774. The van der Waals surface area contributed by atoms with Crippen LogP contribution in [0.4, 0.5) is 0 Å². The third kappa shape index (κ3) is 4.34. The number of hydrogen-bond acceptors (Lipinski definition) is 4. The van der Waals surface area contributed by atoms with Crippen molar-refractivity contribution in [2.75, 3.05) is 38.5 Å². The number of benzene rings is 2. The van der Waals surface area contributed by atoms with E-state index >= 15 is 0 Å². The Kier molecular flexibility index (Phi) is 5.78. The molecule has 2 aromatic carbocycles. The zero-order valence-electron chi connectivity index (χ0n) is 14.9. The molecule has 0 unspecified atom stereocenters. The van der Waals surface area contributed by atoms with Crippen molar-refractivity contribution in [1.82, 2.24) is 9.21 Å². The first kappa shape index (κ1) is 18.7. The molecule has 0 bridgehead atoms. The average molecular weight is 376 g/mol. The van der Waals surface area contributed by atoms with Crippen LogP contribution in [0.2, 0.25) is 0 Å². The van der Waals surface area contributed by atoms with Crippen molar-refractivity contribution in [3.63, 3.8) is 0 Å². The molecule has 0 spiro atoms. The van der Waals surface area contributed by atoms with E-state index in [1.54, 1.807) is 4.90 Å². The number of amides is 1. The van der Waals surface area contributed by atoms with Gasteiger partial charge in [0.1, 0.15) is 5.75 Å². The molecular formula is C19H24N2O4S. The summed E-state index contributed by atoms with van der Waals surface area (Å²) in [6.07, 6.45) is 0.598. The van der Waals surface area contributed by atoms with E-state index in [-0.39, 0.29) is 18.3 Å². The Morgan fingerprint density at radius 3 is 2.42 bits per heavy atom. The number of sulfonamides is 1. The van der Waals surface area contributed by atoms with Crippen LogP contribution in [-0.2, 0) is 14.8 Å². The molecule has 1 fully saturated rings. The smallest absolute Gasteiger partial charge is 0.260 e. The lowest BCUT2D eigenvalue weighted by molar-refractivity contribution is -0.134. The molecule has 1 saturated heterocycles. The molecular weight excluding hydrogens is 352 g/mol. The number of piperazine rings is 1. The van der Waals surface area contributed by atoms with Crippen LogP contribution in [0.5, 0.6) is 5.75 Å². The summed E-state index contributed by atoms with van der Waals surface area (Å²) in [5, 5.41) is 2.18. The van der Waals surface area contributed by atoms with Gasteiger partial charge in [-0.3, -0.25) is 4.79 Å². The molecule has 1 heterocycles. The van der Waals surface area contributed by atoms with Crippen LogP contribution in [0.15, 0.2) is 42.5 Å². The van der Waals surface area contributed by atoms with E-state index < -0.39 is 10.0 Å².